The van der Waals surface area contributed by atoms with Crippen LogP contribution in [-0.2, 0) is 0 Å². The van der Waals surface area contributed by atoms with E-state index in [9.17, 15) is 5.11 Å². The molecule has 0 saturated heterocycles. The maximum atomic E-state index is 9.67. The summed E-state index contributed by atoms with van der Waals surface area (Å²) in [4.78, 5) is 0. The van der Waals surface area contributed by atoms with Crippen molar-refractivity contribution in [2.75, 3.05) is 6.54 Å². The van der Waals surface area contributed by atoms with Crippen molar-refractivity contribution in [3.8, 4) is 0 Å². The molecule has 1 aliphatic rings. The number of aliphatic hydroxyl groups is 1. The van der Waals surface area contributed by atoms with E-state index in [0.717, 1.165) is 31.2 Å². The Morgan fingerprint density at radius 2 is 2.07 bits per heavy atom. The summed E-state index contributed by atoms with van der Waals surface area (Å²) in [5.74, 6) is 1.59. The van der Waals surface area contributed by atoms with Crippen LogP contribution in [0.2, 0.25) is 0 Å². The maximum Gasteiger partial charge on any atom is 0.0664 e. The van der Waals surface area contributed by atoms with Crippen LogP contribution in [0.3, 0.4) is 0 Å². The summed E-state index contributed by atoms with van der Waals surface area (Å²) in [6.07, 6.45) is 5.83. The molecule has 0 bridgehead atoms. The molecule has 4 atom stereocenters. The van der Waals surface area contributed by atoms with Gasteiger partial charge in [0.1, 0.15) is 0 Å². The SMILES string of the molecule is CCCC(O)CNC1CCCC(C)C1C. The Morgan fingerprint density at radius 3 is 2.73 bits per heavy atom. The lowest BCUT2D eigenvalue weighted by atomic mass is 9.78. The number of nitrogens with one attached hydrogen (secondary N) is 1. The highest BCUT2D eigenvalue weighted by atomic mass is 16.3. The first-order valence-corrected chi connectivity index (χ1v) is 6.56. The van der Waals surface area contributed by atoms with Crippen LogP contribution in [-0.4, -0.2) is 23.8 Å². The second kappa shape index (κ2) is 6.49. The average molecular weight is 213 g/mol. The quantitative estimate of drug-likeness (QED) is 0.735. The molecule has 0 amide bonds. The molecule has 0 heterocycles. The predicted molar refractivity (Wildman–Crippen MR) is 64.9 cm³/mol. The van der Waals surface area contributed by atoms with Gasteiger partial charge in [0, 0.05) is 12.6 Å². The van der Waals surface area contributed by atoms with Gasteiger partial charge >= 0.3 is 0 Å². The molecule has 0 radical (unpaired) electrons. The van der Waals surface area contributed by atoms with E-state index in [0.29, 0.717) is 6.04 Å². The molecule has 0 spiro atoms. The zero-order valence-electron chi connectivity index (χ0n) is 10.5. The third-order valence-corrected chi connectivity index (χ3v) is 3.94. The van der Waals surface area contributed by atoms with Crippen molar-refractivity contribution in [3.63, 3.8) is 0 Å². The number of rotatable bonds is 5. The van der Waals surface area contributed by atoms with Crippen LogP contribution in [0, 0.1) is 11.8 Å². The van der Waals surface area contributed by atoms with Gasteiger partial charge in [-0.2, -0.15) is 0 Å². The minimum Gasteiger partial charge on any atom is -0.392 e. The molecule has 0 aromatic rings. The number of hydrogen-bond acceptors (Lipinski definition) is 2. The van der Waals surface area contributed by atoms with Gasteiger partial charge in [0.25, 0.3) is 0 Å². The molecular weight excluding hydrogens is 186 g/mol. The van der Waals surface area contributed by atoms with Crippen molar-refractivity contribution in [3.05, 3.63) is 0 Å². The summed E-state index contributed by atoms with van der Waals surface area (Å²) < 4.78 is 0. The Balaban J connectivity index is 2.25. The topological polar surface area (TPSA) is 32.3 Å². The highest BCUT2D eigenvalue weighted by Gasteiger charge is 2.26. The zero-order chi connectivity index (χ0) is 11.3. The van der Waals surface area contributed by atoms with Crippen LogP contribution >= 0.6 is 0 Å². The highest BCUT2D eigenvalue weighted by Crippen LogP contribution is 2.29. The molecule has 4 unspecified atom stereocenters. The minimum absolute atomic E-state index is 0.153. The van der Waals surface area contributed by atoms with E-state index in [1.807, 2.05) is 0 Å². The minimum atomic E-state index is -0.153. The standard InChI is InChI=1S/C13H27NO/c1-4-6-12(15)9-14-13-8-5-7-10(2)11(13)3/h10-15H,4-9H2,1-3H3. The van der Waals surface area contributed by atoms with Crippen molar-refractivity contribution in [2.45, 2.75) is 65.0 Å². The van der Waals surface area contributed by atoms with E-state index >= 15 is 0 Å². The van der Waals surface area contributed by atoms with Crippen molar-refractivity contribution >= 4 is 0 Å². The molecule has 0 aliphatic heterocycles. The van der Waals surface area contributed by atoms with Crippen molar-refractivity contribution in [2.24, 2.45) is 11.8 Å². The summed E-state index contributed by atoms with van der Waals surface area (Å²) in [7, 11) is 0. The smallest absolute Gasteiger partial charge is 0.0664 e. The average Bonchev–Trinajstić information content (AvgIpc) is 2.21. The molecule has 0 aromatic heterocycles. The predicted octanol–water partition coefficient (Wildman–Crippen LogP) is 2.56. The van der Waals surface area contributed by atoms with Crippen LogP contribution in [0.25, 0.3) is 0 Å². The summed E-state index contributed by atoms with van der Waals surface area (Å²) in [6.45, 7) is 7.58. The molecule has 1 aliphatic carbocycles. The fourth-order valence-electron chi connectivity index (χ4n) is 2.59. The van der Waals surface area contributed by atoms with Crippen LogP contribution in [0.1, 0.15) is 52.9 Å². The lowest BCUT2D eigenvalue weighted by Gasteiger charge is -2.35. The Labute approximate surface area is 94.5 Å². The Hall–Kier alpha value is -0.0800. The van der Waals surface area contributed by atoms with E-state index in [4.69, 9.17) is 0 Å². The fraction of sp³-hybridized carbons (Fsp3) is 1.00. The van der Waals surface area contributed by atoms with Gasteiger partial charge in [-0.25, -0.2) is 0 Å². The molecule has 2 heteroatoms. The zero-order valence-corrected chi connectivity index (χ0v) is 10.5. The first kappa shape index (κ1) is 13.0. The summed E-state index contributed by atoms with van der Waals surface area (Å²) in [5, 5.41) is 13.2. The molecule has 15 heavy (non-hydrogen) atoms. The van der Waals surface area contributed by atoms with Gasteiger partial charge in [-0.3, -0.25) is 0 Å². The van der Waals surface area contributed by atoms with Crippen LogP contribution in [0.5, 0.6) is 0 Å². The summed E-state index contributed by atoms with van der Waals surface area (Å²) in [5.41, 5.74) is 0. The van der Waals surface area contributed by atoms with Gasteiger partial charge in [0.2, 0.25) is 0 Å². The maximum absolute atomic E-state index is 9.67. The van der Waals surface area contributed by atoms with E-state index in [1.54, 1.807) is 0 Å². The van der Waals surface area contributed by atoms with Crippen LogP contribution < -0.4 is 5.32 Å². The normalized spacial score (nSPS) is 34.0. The highest BCUT2D eigenvalue weighted by molar-refractivity contribution is 4.82. The van der Waals surface area contributed by atoms with Gasteiger partial charge in [0.15, 0.2) is 0 Å². The second-order valence-corrected chi connectivity index (χ2v) is 5.22. The van der Waals surface area contributed by atoms with Crippen molar-refractivity contribution in [1.82, 2.24) is 5.32 Å². The third kappa shape index (κ3) is 4.12. The summed E-state index contributed by atoms with van der Waals surface area (Å²) in [6, 6.07) is 0.625. The Kier molecular flexibility index (Phi) is 5.62. The second-order valence-electron chi connectivity index (χ2n) is 5.22. The fourth-order valence-corrected chi connectivity index (χ4v) is 2.59. The molecule has 1 fully saturated rings. The van der Waals surface area contributed by atoms with Crippen molar-refractivity contribution in [1.29, 1.82) is 0 Å². The Morgan fingerprint density at radius 1 is 1.33 bits per heavy atom. The number of hydrogen-bond donors (Lipinski definition) is 2. The monoisotopic (exact) mass is 213 g/mol. The van der Waals surface area contributed by atoms with Gasteiger partial charge in [0.05, 0.1) is 6.10 Å². The third-order valence-electron chi connectivity index (χ3n) is 3.94. The van der Waals surface area contributed by atoms with E-state index in [1.165, 1.54) is 19.3 Å². The molecule has 2 N–H and O–H groups in total. The molecule has 1 rings (SSSR count). The van der Waals surface area contributed by atoms with E-state index < -0.39 is 0 Å². The molecule has 2 nitrogen and oxygen atoms in total. The van der Waals surface area contributed by atoms with Gasteiger partial charge in [-0.05, 0) is 24.7 Å². The Bertz CT molecular complexity index is 172. The van der Waals surface area contributed by atoms with E-state index in [-0.39, 0.29) is 6.10 Å². The first-order valence-electron chi connectivity index (χ1n) is 6.56. The van der Waals surface area contributed by atoms with Gasteiger partial charge in [-0.1, -0.05) is 40.0 Å². The van der Waals surface area contributed by atoms with E-state index in [2.05, 4.69) is 26.1 Å². The van der Waals surface area contributed by atoms with Crippen molar-refractivity contribution < 1.29 is 5.11 Å². The molecule has 1 saturated carbocycles. The largest absolute Gasteiger partial charge is 0.392 e. The molecule has 90 valence electrons. The molecular formula is C13H27NO. The van der Waals surface area contributed by atoms with Gasteiger partial charge < -0.3 is 10.4 Å². The van der Waals surface area contributed by atoms with Crippen LogP contribution in [0.4, 0.5) is 0 Å². The lowest BCUT2D eigenvalue weighted by molar-refractivity contribution is 0.136. The first-order chi connectivity index (χ1) is 7.15. The lowest BCUT2D eigenvalue weighted by Crippen LogP contribution is -2.43. The van der Waals surface area contributed by atoms with Gasteiger partial charge in [-0.15, -0.1) is 0 Å². The number of aliphatic hydroxyl groups excluding tert-OH is 1. The molecule has 0 aromatic carbocycles. The summed E-state index contributed by atoms with van der Waals surface area (Å²) >= 11 is 0. The van der Waals surface area contributed by atoms with Crippen LogP contribution in [0.15, 0.2) is 0 Å².